The van der Waals surface area contributed by atoms with Crippen LogP contribution in [0.4, 0.5) is 0 Å². The van der Waals surface area contributed by atoms with Crippen LogP contribution in [-0.4, -0.2) is 0 Å². The number of nitrogens with zero attached hydrogens (tertiary/aromatic N) is 1. The molecule has 11 heavy (non-hydrogen) atoms. The van der Waals surface area contributed by atoms with Gasteiger partial charge in [0.05, 0.1) is 6.07 Å². The van der Waals surface area contributed by atoms with Crippen LogP contribution < -0.4 is 0 Å². The van der Waals surface area contributed by atoms with Gasteiger partial charge < -0.3 is 0 Å². The van der Waals surface area contributed by atoms with Gasteiger partial charge in [0.15, 0.2) is 0 Å². The van der Waals surface area contributed by atoms with Gasteiger partial charge in [-0.3, -0.25) is 0 Å². The van der Waals surface area contributed by atoms with E-state index in [4.69, 9.17) is 5.26 Å². The molecule has 1 aromatic rings. The number of allylic oxidation sites excluding steroid dienone is 2. The first kappa shape index (κ1) is 7.56. The normalized spacial score (nSPS) is 10.7. The molecular weight excluding hydrogens is 134 g/mol. The van der Waals surface area contributed by atoms with Crippen molar-refractivity contribution in [2.75, 3.05) is 0 Å². The molecule has 0 saturated heterocycles. The highest BCUT2D eigenvalue weighted by Crippen LogP contribution is 2.11. The van der Waals surface area contributed by atoms with Gasteiger partial charge >= 0.3 is 0 Å². The van der Waals surface area contributed by atoms with Gasteiger partial charge in [0, 0.05) is 6.08 Å². The highest BCUT2D eigenvalue weighted by molar-refractivity contribution is 5.65. The van der Waals surface area contributed by atoms with Gasteiger partial charge in [0.25, 0.3) is 0 Å². The van der Waals surface area contributed by atoms with Gasteiger partial charge in [-0.05, 0) is 18.1 Å². The van der Waals surface area contributed by atoms with Crippen LogP contribution in [0.3, 0.4) is 0 Å². The fourth-order valence-electron chi connectivity index (χ4n) is 0.881. The first-order valence-corrected chi connectivity index (χ1v) is 3.46. The number of benzene rings is 1. The molecule has 0 bridgehead atoms. The number of nitriles is 1. The van der Waals surface area contributed by atoms with Gasteiger partial charge in [0.1, 0.15) is 0 Å². The zero-order valence-electron chi connectivity index (χ0n) is 6.41. The average molecular weight is 143 g/mol. The maximum Gasteiger partial charge on any atom is 0.0915 e. The Morgan fingerprint density at radius 1 is 1.36 bits per heavy atom. The third kappa shape index (κ3) is 1.94. The lowest BCUT2D eigenvalue weighted by molar-refractivity contribution is 1.52. The van der Waals surface area contributed by atoms with Gasteiger partial charge in [0.2, 0.25) is 0 Å². The molecule has 0 N–H and O–H groups in total. The van der Waals surface area contributed by atoms with E-state index >= 15 is 0 Å². The van der Waals surface area contributed by atoms with Crippen LogP contribution in [0, 0.1) is 11.3 Å². The first-order chi connectivity index (χ1) is 5.34. The standard InChI is InChI=1S/C10H9N/c1-9(7-8-11)10-5-3-2-4-6-10/h2-7H,1H3/b9-7+. The highest BCUT2D eigenvalue weighted by Gasteiger charge is 1.90. The molecule has 0 atom stereocenters. The topological polar surface area (TPSA) is 23.8 Å². The lowest BCUT2D eigenvalue weighted by Gasteiger charge is -1.96. The van der Waals surface area contributed by atoms with Crippen LogP contribution in [0.2, 0.25) is 0 Å². The van der Waals surface area contributed by atoms with Crippen LogP contribution in [0.1, 0.15) is 12.5 Å². The van der Waals surface area contributed by atoms with Crippen molar-refractivity contribution in [2.24, 2.45) is 0 Å². The van der Waals surface area contributed by atoms with E-state index in [0.717, 1.165) is 11.1 Å². The Balaban J connectivity index is 2.96. The number of hydrogen-bond donors (Lipinski definition) is 0. The summed E-state index contributed by atoms with van der Waals surface area (Å²) < 4.78 is 0. The Labute approximate surface area is 66.6 Å². The van der Waals surface area contributed by atoms with Crippen LogP contribution in [-0.2, 0) is 0 Å². The molecule has 0 aliphatic carbocycles. The van der Waals surface area contributed by atoms with Gasteiger partial charge in [-0.15, -0.1) is 0 Å². The van der Waals surface area contributed by atoms with Crippen LogP contribution >= 0.6 is 0 Å². The molecule has 0 amide bonds. The van der Waals surface area contributed by atoms with Crippen LogP contribution in [0.15, 0.2) is 36.4 Å². The molecule has 0 fully saturated rings. The van der Waals surface area contributed by atoms with Gasteiger partial charge in [-0.2, -0.15) is 5.26 Å². The second-order valence-electron chi connectivity index (χ2n) is 2.32. The zero-order valence-corrected chi connectivity index (χ0v) is 6.41. The molecular formula is C10H9N. The van der Waals surface area contributed by atoms with E-state index in [1.54, 1.807) is 6.08 Å². The Morgan fingerprint density at radius 3 is 2.55 bits per heavy atom. The molecule has 0 spiro atoms. The summed E-state index contributed by atoms with van der Waals surface area (Å²) in [5.41, 5.74) is 2.11. The Hall–Kier alpha value is -1.55. The van der Waals surface area contributed by atoms with Gasteiger partial charge in [-0.1, -0.05) is 30.3 Å². The second kappa shape index (κ2) is 3.58. The van der Waals surface area contributed by atoms with Crippen LogP contribution in [0.5, 0.6) is 0 Å². The van der Waals surface area contributed by atoms with Crippen LogP contribution in [0.25, 0.3) is 5.57 Å². The smallest absolute Gasteiger partial charge is 0.0915 e. The third-order valence-electron chi connectivity index (χ3n) is 1.51. The van der Waals surface area contributed by atoms with E-state index in [9.17, 15) is 0 Å². The van der Waals surface area contributed by atoms with Crippen molar-refractivity contribution < 1.29 is 0 Å². The van der Waals surface area contributed by atoms with E-state index in [0.29, 0.717) is 0 Å². The van der Waals surface area contributed by atoms with E-state index in [2.05, 4.69) is 0 Å². The molecule has 0 aliphatic heterocycles. The lowest BCUT2D eigenvalue weighted by Crippen LogP contribution is -1.75. The monoisotopic (exact) mass is 143 g/mol. The summed E-state index contributed by atoms with van der Waals surface area (Å²) in [6.45, 7) is 1.93. The minimum atomic E-state index is 1.01. The predicted molar refractivity (Wildman–Crippen MR) is 45.7 cm³/mol. The highest BCUT2D eigenvalue weighted by atomic mass is 14.2. The SMILES string of the molecule is C/C(=C\C#N)c1ccccc1. The fourth-order valence-corrected chi connectivity index (χ4v) is 0.881. The van der Waals surface area contributed by atoms with E-state index in [-0.39, 0.29) is 0 Å². The maximum absolute atomic E-state index is 8.37. The lowest BCUT2D eigenvalue weighted by atomic mass is 10.1. The van der Waals surface area contributed by atoms with Crippen molar-refractivity contribution in [3.05, 3.63) is 42.0 Å². The minimum absolute atomic E-state index is 1.01. The van der Waals surface area contributed by atoms with Gasteiger partial charge in [-0.25, -0.2) is 0 Å². The quantitative estimate of drug-likeness (QED) is 0.554. The van der Waals surface area contributed by atoms with E-state index < -0.39 is 0 Å². The minimum Gasteiger partial charge on any atom is -0.193 e. The summed E-state index contributed by atoms with van der Waals surface area (Å²) in [5.74, 6) is 0. The Kier molecular flexibility index (Phi) is 2.46. The van der Waals surface area contributed by atoms with Crippen molar-refractivity contribution in [1.82, 2.24) is 0 Å². The molecule has 54 valence electrons. The van der Waals surface area contributed by atoms with Crippen molar-refractivity contribution in [3.8, 4) is 6.07 Å². The van der Waals surface area contributed by atoms with E-state index in [1.807, 2.05) is 43.3 Å². The molecule has 0 saturated carbocycles. The molecule has 0 heterocycles. The maximum atomic E-state index is 8.37. The molecule has 1 aromatic carbocycles. The molecule has 1 heteroatoms. The molecule has 0 aromatic heterocycles. The predicted octanol–water partition coefficient (Wildman–Crippen LogP) is 2.61. The largest absolute Gasteiger partial charge is 0.193 e. The molecule has 0 aliphatic rings. The average Bonchev–Trinajstić information content (AvgIpc) is 2.07. The number of hydrogen-bond acceptors (Lipinski definition) is 1. The third-order valence-corrected chi connectivity index (χ3v) is 1.51. The molecule has 0 unspecified atom stereocenters. The van der Waals surface area contributed by atoms with E-state index in [1.165, 1.54) is 0 Å². The molecule has 1 nitrogen and oxygen atoms in total. The number of rotatable bonds is 1. The Bertz CT molecular complexity index is 290. The molecule has 0 radical (unpaired) electrons. The summed E-state index contributed by atoms with van der Waals surface area (Å²) >= 11 is 0. The summed E-state index contributed by atoms with van der Waals surface area (Å²) in [6.07, 6.45) is 1.55. The first-order valence-electron chi connectivity index (χ1n) is 3.46. The summed E-state index contributed by atoms with van der Waals surface area (Å²) in [5, 5.41) is 8.37. The summed E-state index contributed by atoms with van der Waals surface area (Å²) in [7, 11) is 0. The summed E-state index contributed by atoms with van der Waals surface area (Å²) in [6, 6.07) is 11.9. The van der Waals surface area contributed by atoms with Crippen molar-refractivity contribution >= 4 is 5.57 Å². The van der Waals surface area contributed by atoms with Crippen molar-refractivity contribution in [1.29, 1.82) is 5.26 Å². The van der Waals surface area contributed by atoms with Crippen molar-refractivity contribution in [3.63, 3.8) is 0 Å². The summed E-state index contributed by atoms with van der Waals surface area (Å²) in [4.78, 5) is 0. The second-order valence-corrected chi connectivity index (χ2v) is 2.32. The zero-order chi connectivity index (χ0) is 8.10. The molecule has 1 rings (SSSR count). The van der Waals surface area contributed by atoms with Crippen molar-refractivity contribution in [2.45, 2.75) is 6.92 Å². The fraction of sp³-hybridized carbons (Fsp3) is 0.100. The Morgan fingerprint density at radius 2 is 2.00 bits per heavy atom.